The molecule has 0 unspecified atom stereocenters. The number of nitrogens with one attached hydrogen (secondary N) is 1. The van der Waals surface area contributed by atoms with Gasteiger partial charge in [0, 0.05) is 11.8 Å². The van der Waals surface area contributed by atoms with Crippen molar-refractivity contribution in [3.05, 3.63) is 96.8 Å². The van der Waals surface area contributed by atoms with Crippen LogP contribution in [-0.2, 0) is 4.99 Å². The Labute approximate surface area is 124 Å². The Morgan fingerprint density at radius 2 is 1.29 bits per heavy atom. The second-order valence-corrected chi connectivity index (χ2v) is 4.08. The van der Waals surface area contributed by atoms with Crippen LogP contribution in [0.25, 0.3) is 6.08 Å². The number of hydroxylamine groups is 1. The lowest BCUT2D eigenvalue weighted by atomic mass is 10.2. The van der Waals surface area contributed by atoms with E-state index < -0.39 is 0 Å². The van der Waals surface area contributed by atoms with Crippen LogP contribution in [0.1, 0.15) is 5.56 Å². The van der Waals surface area contributed by atoms with E-state index in [1.165, 1.54) is 0 Å². The van der Waals surface area contributed by atoms with Gasteiger partial charge in [-0.25, -0.2) is 5.48 Å². The molecule has 0 radical (unpaired) electrons. The van der Waals surface area contributed by atoms with Crippen molar-refractivity contribution in [2.75, 3.05) is 0 Å². The zero-order chi connectivity index (χ0) is 14.6. The molecule has 0 spiro atoms. The number of para-hydroxylation sites is 1. The summed E-state index contributed by atoms with van der Waals surface area (Å²) < 4.78 is 0. The highest BCUT2D eigenvalue weighted by molar-refractivity contribution is 5.58. The van der Waals surface area contributed by atoms with E-state index in [2.05, 4.69) is 5.48 Å². The first-order chi connectivity index (χ1) is 10.5. The Kier molecular flexibility index (Phi) is 6.39. The molecule has 0 amide bonds. The molecule has 1 aliphatic rings. The quantitative estimate of drug-likeness (QED) is 0.719. The third-order valence-corrected chi connectivity index (χ3v) is 2.54. The zero-order valence-corrected chi connectivity index (χ0v) is 11.6. The summed E-state index contributed by atoms with van der Waals surface area (Å²) in [6.45, 7) is 0. The van der Waals surface area contributed by atoms with Crippen LogP contribution in [0.3, 0.4) is 0 Å². The summed E-state index contributed by atoms with van der Waals surface area (Å²) in [6.07, 6.45) is 22.9. The topological polar surface area (TPSA) is 30.5 Å². The second kappa shape index (κ2) is 9.18. The molecule has 3 nitrogen and oxygen atoms in total. The minimum Gasteiger partial charge on any atom is -0.314 e. The molecular weight excluding hydrogens is 262 g/mol. The Morgan fingerprint density at radius 1 is 0.667 bits per heavy atom. The van der Waals surface area contributed by atoms with Crippen molar-refractivity contribution in [3.8, 4) is 5.75 Å². The molecule has 1 heterocycles. The number of hydrogen-bond acceptors (Lipinski definition) is 3. The van der Waals surface area contributed by atoms with E-state index in [-0.39, 0.29) is 0 Å². The van der Waals surface area contributed by atoms with E-state index in [0.29, 0.717) is 5.75 Å². The van der Waals surface area contributed by atoms with Crippen LogP contribution in [-0.4, -0.2) is 0 Å². The fraction of sp³-hybridized carbons (Fsp3) is 0. The smallest absolute Gasteiger partial charge is 0.175 e. The lowest BCUT2D eigenvalue weighted by Crippen LogP contribution is -2.10. The van der Waals surface area contributed by atoms with Gasteiger partial charge < -0.3 is 4.89 Å². The minimum atomic E-state index is 0.639. The lowest BCUT2D eigenvalue weighted by molar-refractivity contribution is -0.245. The molecule has 1 N–H and O–H groups in total. The van der Waals surface area contributed by atoms with Gasteiger partial charge in [-0.15, -0.1) is 0 Å². The normalized spacial score (nSPS) is 24.2. The molecule has 0 aliphatic carbocycles. The van der Waals surface area contributed by atoms with Crippen molar-refractivity contribution in [1.82, 2.24) is 5.48 Å². The Hall–Kier alpha value is -2.78. The molecular formula is C18H17NO2. The first-order valence-electron chi connectivity index (χ1n) is 6.65. The van der Waals surface area contributed by atoms with Crippen LogP contribution in [0.5, 0.6) is 5.75 Å². The summed E-state index contributed by atoms with van der Waals surface area (Å²) in [5, 5.41) is 0. The van der Waals surface area contributed by atoms with Crippen molar-refractivity contribution in [2.24, 2.45) is 0 Å². The van der Waals surface area contributed by atoms with Crippen molar-refractivity contribution in [3.63, 3.8) is 0 Å². The summed E-state index contributed by atoms with van der Waals surface area (Å²) in [7, 11) is 0. The molecule has 0 atom stereocenters. The number of allylic oxidation sites excluding steroid dienone is 10. The fourth-order valence-corrected chi connectivity index (χ4v) is 1.56. The monoisotopic (exact) mass is 279 g/mol. The highest BCUT2D eigenvalue weighted by Crippen LogP contribution is 2.19. The SMILES string of the molecule is C1=C\C=C/C=C/C=C\NOOc2ccccc2/C=C\C=C/1. The Morgan fingerprint density at radius 3 is 2.05 bits per heavy atom. The molecule has 106 valence electrons. The van der Waals surface area contributed by atoms with E-state index in [4.69, 9.17) is 9.88 Å². The molecule has 0 bridgehead atoms. The number of hydrogen-bond donors (Lipinski definition) is 1. The maximum atomic E-state index is 5.22. The van der Waals surface area contributed by atoms with Gasteiger partial charge in [-0.3, -0.25) is 0 Å². The van der Waals surface area contributed by atoms with Gasteiger partial charge in [0.2, 0.25) is 0 Å². The molecule has 3 heteroatoms. The highest BCUT2D eigenvalue weighted by atomic mass is 17.3. The van der Waals surface area contributed by atoms with Gasteiger partial charge in [0.05, 0.1) is 0 Å². The lowest BCUT2D eigenvalue weighted by Gasteiger charge is -2.05. The van der Waals surface area contributed by atoms with Gasteiger partial charge >= 0.3 is 0 Å². The number of fused-ring (bicyclic) bond motifs is 1. The van der Waals surface area contributed by atoms with Crippen molar-refractivity contribution in [1.29, 1.82) is 0 Å². The second-order valence-electron chi connectivity index (χ2n) is 4.08. The third-order valence-electron chi connectivity index (χ3n) is 2.54. The fourth-order valence-electron chi connectivity index (χ4n) is 1.56. The van der Waals surface area contributed by atoms with Gasteiger partial charge in [-0.1, -0.05) is 83.9 Å². The van der Waals surface area contributed by atoms with Gasteiger partial charge in [0.1, 0.15) is 0 Å². The average molecular weight is 279 g/mol. The van der Waals surface area contributed by atoms with Gasteiger partial charge in [-0.05, 0) is 12.1 Å². The van der Waals surface area contributed by atoms with Gasteiger partial charge in [0.15, 0.2) is 5.75 Å². The van der Waals surface area contributed by atoms with E-state index in [0.717, 1.165) is 5.56 Å². The molecule has 0 aromatic heterocycles. The molecule has 1 aromatic rings. The molecule has 21 heavy (non-hydrogen) atoms. The predicted molar refractivity (Wildman–Crippen MR) is 86.0 cm³/mol. The average Bonchev–Trinajstić information content (AvgIpc) is 2.52. The molecule has 1 aliphatic heterocycles. The first-order valence-corrected chi connectivity index (χ1v) is 6.65. The van der Waals surface area contributed by atoms with E-state index >= 15 is 0 Å². The molecule has 0 saturated carbocycles. The van der Waals surface area contributed by atoms with Gasteiger partial charge in [-0.2, -0.15) is 0 Å². The predicted octanol–water partition coefficient (Wildman–Crippen LogP) is 4.27. The van der Waals surface area contributed by atoms with Crippen LogP contribution >= 0.6 is 0 Å². The Bertz CT molecular complexity index is 607. The maximum Gasteiger partial charge on any atom is 0.175 e. The summed E-state index contributed by atoms with van der Waals surface area (Å²) in [6, 6.07) is 7.63. The summed E-state index contributed by atoms with van der Waals surface area (Å²) in [4.78, 5) is 10.2. The summed E-state index contributed by atoms with van der Waals surface area (Å²) >= 11 is 0. The van der Waals surface area contributed by atoms with Gasteiger partial charge in [0.25, 0.3) is 0 Å². The largest absolute Gasteiger partial charge is 0.314 e. The third kappa shape index (κ3) is 5.80. The van der Waals surface area contributed by atoms with E-state index in [9.17, 15) is 0 Å². The molecule has 1 aromatic carbocycles. The van der Waals surface area contributed by atoms with E-state index in [1.54, 1.807) is 12.3 Å². The van der Waals surface area contributed by atoms with Crippen molar-refractivity contribution >= 4 is 6.08 Å². The summed E-state index contributed by atoms with van der Waals surface area (Å²) in [5.74, 6) is 0.639. The highest BCUT2D eigenvalue weighted by Gasteiger charge is 1.99. The molecule has 0 saturated heterocycles. The first kappa shape index (κ1) is 14.6. The molecule has 2 rings (SSSR count). The van der Waals surface area contributed by atoms with Crippen LogP contribution < -0.4 is 10.4 Å². The Balaban J connectivity index is 2.14. The van der Waals surface area contributed by atoms with Crippen molar-refractivity contribution in [2.45, 2.75) is 0 Å². The van der Waals surface area contributed by atoms with Crippen LogP contribution in [0.15, 0.2) is 91.2 Å². The standard InChI is InChI=1S/C18H17NO2/c1-2-4-6-8-12-16-19-21-20-18-15-11-10-14-17(18)13-9-7-5-3-1/h1-16,19H/b3-1-,4-2-,7-5-,8-6+,13-9-,16-12-. The van der Waals surface area contributed by atoms with Crippen LogP contribution in [0.4, 0.5) is 0 Å². The molecule has 0 fully saturated rings. The van der Waals surface area contributed by atoms with Crippen LogP contribution in [0, 0.1) is 0 Å². The van der Waals surface area contributed by atoms with E-state index in [1.807, 2.05) is 85.0 Å². The van der Waals surface area contributed by atoms with Crippen molar-refractivity contribution < 1.29 is 9.88 Å². The number of benzene rings is 1. The minimum absolute atomic E-state index is 0.639. The van der Waals surface area contributed by atoms with Crippen LogP contribution in [0.2, 0.25) is 0 Å². The summed E-state index contributed by atoms with van der Waals surface area (Å²) in [5.41, 5.74) is 3.52. The number of rotatable bonds is 0. The zero-order valence-electron chi connectivity index (χ0n) is 11.6. The maximum absolute atomic E-state index is 5.22.